The van der Waals surface area contributed by atoms with Gasteiger partial charge in [-0.3, -0.25) is 14.4 Å². The first-order valence-corrected chi connectivity index (χ1v) is 15.8. The number of likely N-dealkylation sites (tertiary alicyclic amines) is 1. The lowest BCUT2D eigenvalue weighted by molar-refractivity contribution is -0.129. The van der Waals surface area contributed by atoms with Crippen molar-refractivity contribution < 1.29 is 23.9 Å². The number of nitrogens with one attached hydrogen (secondary N) is 4. The van der Waals surface area contributed by atoms with Crippen LogP contribution in [-0.2, 0) is 14.3 Å². The Balaban J connectivity index is 1.23. The zero-order chi connectivity index (χ0) is 32.3. The highest BCUT2D eigenvalue weighted by Gasteiger charge is 2.42. The molecule has 0 radical (unpaired) electrons. The summed E-state index contributed by atoms with van der Waals surface area (Å²) in [4.78, 5) is 54.0. The summed E-state index contributed by atoms with van der Waals surface area (Å²) in [5.74, 6) is -0.796. The Bertz CT molecular complexity index is 1690. The van der Waals surface area contributed by atoms with Crippen molar-refractivity contribution in [2.45, 2.75) is 44.6 Å². The number of methoxy groups -OCH3 is 1. The van der Waals surface area contributed by atoms with E-state index in [2.05, 4.69) is 21.3 Å². The standard InChI is InChI=1S/C36H39N5O5/c1-23-21-28-29(22-27(23)34(44)46-2)40-32(42)30(28)31(24-9-5-3-6-10-24)39-26-13-11-25(12-14-26)33(43)41-19-15-36(16-20-41)35(45)37-17-7-4-8-18-38-36/h3,5-6,9-14,21-22,38-39H,4,7-8,15-20H2,1-2H3,(H,37,45)(H,40,42)/b31-30-. The van der Waals surface area contributed by atoms with Gasteiger partial charge in [-0.2, -0.15) is 0 Å². The number of nitrogens with zero attached hydrogens (tertiary/aromatic N) is 1. The molecular formula is C36H39N5O5. The molecule has 1 spiro atoms. The van der Waals surface area contributed by atoms with E-state index >= 15 is 0 Å². The van der Waals surface area contributed by atoms with Gasteiger partial charge < -0.3 is 30.9 Å². The molecule has 2 saturated heterocycles. The van der Waals surface area contributed by atoms with Crippen molar-refractivity contribution >= 4 is 46.3 Å². The maximum absolute atomic E-state index is 13.5. The summed E-state index contributed by atoms with van der Waals surface area (Å²) in [7, 11) is 1.33. The first kappa shape index (κ1) is 31.0. The smallest absolute Gasteiger partial charge is 0.338 e. The average Bonchev–Trinajstić information content (AvgIpc) is 3.43. The number of aryl methyl sites for hydroxylation is 1. The van der Waals surface area contributed by atoms with Crippen molar-refractivity contribution in [2.24, 2.45) is 0 Å². The van der Waals surface area contributed by atoms with Crippen LogP contribution in [0, 0.1) is 6.92 Å². The molecule has 0 atom stereocenters. The molecule has 3 aliphatic heterocycles. The molecule has 10 heteroatoms. The molecule has 2 fully saturated rings. The minimum atomic E-state index is -0.624. The number of anilines is 2. The fourth-order valence-corrected chi connectivity index (χ4v) is 6.51. The molecular weight excluding hydrogens is 582 g/mol. The van der Waals surface area contributed by atoms with Gasteiger partial charge in [-0.15, -0.1) is 0 Å². The molecule has 0 unspecified atom stereocenters. The number of amides is 3. The number of hydrogen-bond donors (Lipinski definition) is 4. The summed E-state index contributed by atoms with van der Waals surface area (Å²) in [5.41, 5.74) is 4.79. The van der Waals surface area contributed by atoms with Crippen LogP contribution in [0.4, 0.5) is 11.4 Å². The van der Waals surface area contributed by atoms with E-state index in [1.807, 2.05) is 60.4 Å². The van der Waals surface area contributed by atoms with E-state index in [9.17, 15) is 19.2 Å². The number of benzene rings is 3. The van der Waals surface area contributed by atoms with E-state index < -0.39 is 11.5 Å². The monoisotopic (exact) mass is 621 g/mol. The quantitative estimate of drug-likeness (QED) is 0.243. The van der Waals surface area contributed by atoms with Gasteiger partial charge in [-0.1, -0.05) is 36.8 Å². The normalized spacial score (nSPS) is 18.8. The summed E-state index contributed by atoms with van der Waals surface area (Å²) < 4.78 is 4.91. The Morgan fingerprint density at radius 3 is 2.33 bits per heavy atom. The topological polar surface area (TPSA) is 129 Å². The number of rotatable bonds is 5. The number of carbonyl (C=O) groups excluding carboxylic acids is 4. The summed E-state index contributed by atoms with van der Waals surface area (Å²) in [6.07, 6.45) is 4.25. The first-order valence-electron chi connectivity index (χ1n) is 15.8. The number of ether oxygens (including phenoxy) is 1. The molecule has 238 valence electrons. The van der Waals surface area contributed by atoms with E-state index in [0.29, 0.717) is 77.4 Å². The Hall–Kier alpha value is -4.96. The summed E-state index contributed by atoms with van der Waals surface area (Å²) in [6, 6.07) is 20.2. The number of hydrogen-bond acceptors (Lipinski definition) is 7. The van der Waals surface area contributed by atoms with Crippen molar-refractivity contribution in [1.29, 1.82) is 0 Å². The highest BCUT2D eigenvalue weighted by atomic mass is 16.5. The number of piperidine rings is 1. The van der Waals surface area contributed by atoms with Gasteiger partial charge >= 0.3 is 5.97 Å². The Kier molecular flexibility index (Phi) is 8.90. The number of esters is 1. The zero-order valence-corrected chi connectivity index (χ0v) is 26.2. The van der Waals surface area contributed by atoms with Gasteiger partial charge in [-0.25, -0.2) is 4.79 Å². The highest BCUT2D eigenvalue weighted by Crippen LogP contribution is 2.39. The van der Waals surface area contributed by atoms with Crippen LogP contribution in [0.15, 0.2) is 66.7 Å². The second kappa shape index (κ2) is 13.2. The van der Waals surface area contributed by atoms with Gasteiger partial charge in [-0.05, 0) is 86.7 Å². The van der Waals surface area contributed by atoms with Crippen LogP contribution < -0.4 is 21.3 Å². The predicted molar refractivity (Wildman–Crippen MR) is 177 cm³/mol. The van der Waals surface area contributed by atoms with Crippen LogP contribution in [-0.4, -0.2) is 67.4 Å². The lowest BCUT2D eigenvalue weighted by atomic mass is 9.86. The van der Waals surface area contributed by atoms with Gasteiger partial charge in [0, 0.05) is 36.4 Å². The second-order valence-electron chi connectivity index (χ2n) is 12.1. The third kappa shape index (κ3) is 6.12. The maximum Gasteiger partial charge on any atom is 0.338 e. The highest BCUT2D eigenvalue weighted by molar-refractivity contribution is 6.37. The minimum absolute atomic E-state index is 0.0397. The van der Waals surface area contributed by atoms with Crippen molar-refractivity contribution in [3.05, 3.63) is 94.5 Å². The fraction of sp³-hybridized carbons (Fsp3) is 0.333. The molecule has 3 aliphatic rings. The first-order chi connectivity index (χ1) is 22.3. The van der Waals surface area contributed by atoms with Crippen LogP contribution in [0.25, 0.3) is 11.3 Å². The maximum atomic E-state index is 13.5. The van der Waals surface area contributed by atoms with E-state index in [1.54, 1.807) is 18.2 Å². The Morgan fingerprint density at radius 2 is 1.61 bits per heavy atom. The van der Waals surface area contributed by atoms with E-state index in [0.717, 1.165) is 31.4 Å². The Morgan fingerprint density at radius 1 is 0.891 bits per heavy atom. The summed E-state index contributed by atoms with van der Waals surface area (Å²) in [6.45, 7) is 4.30. The fourth-order valence-electron chi connectivity index (χ4n) is 6.51. The second-order valence-corrected chi connectivity index (χ2v) is 12.1. The lowest BCUT2D eigenvalue weighted by Crippen LogP contribution is -2.62. The van der Waals surface area contributed by atoms with Gasteiger partial charge in [0.15, 0.2) is 0 Å². The van der Waals surface area contributed by atoms with Gasteiger partial charge in [0.25, 0.3) is 11.8 Å². The van der Waals surface area contributed by atoms with Crippen LogP contribution >= 0.6 is 0 Å². The molecule has 0 bridgehead atoms. The summed E-state index contributed by atoms with van der Waals surface area (Å²) in [5, 5.41) is 12.9. The lowest BCUT2D eigenvalue weighted by Gasteiger charge is -2.41. The van der Waals surface area contributed by atoms with Crippen molar-refractivity contribution in [2.75, 3.05) is 43.9 Å². The van der Waals surface area contributed by atoms with E-state index in [-0.39, 0.29) is 17.7 Å². The van der Waals surface area contributed by atoms with Crippen LogP contribution in [0.5, 0.6) is 0 Å². The van der Waals surface area contributed by atoms with Crippen molar-refractivity contribution in [3.8, 4) is 0 Å². The molecule has 10 nitrogen and oxygen atoms in total. The van der Waals surface area contributed by atoms with E-state index in [1.165, 1.54) is 7.11 Å². The summed E-state index contributed by atoms with van der Waals surface area (Å²) >= 11 is 0. The third-order valence-electron chi connectivity index (χ3n) is 9.17. The van der Waals surface area contributed by atoms with Crippen LogP contribution in [0.2, 0.25) is 0 Å². The number of carbonyl (C=O) groups is 4. The molecule has 3 heterocycles. The molecule has 0 aliphatic carbocycles. The number of fused-ring (bicyclic) bond motifs is 1. The SMILES string of the molecule is COC(=O)c1cc2c(cc1C)/C(=C(/Nc1ccc(C(=O)N3CCC4(CC3)NCCCCCNC4=O)cc1)c1ccccc1)C(=O)N2. The average molecular weight is 622 g/mol. The Labute approximate surface area is 268 Å². The minimum Gasteiger partial charge on any atom is -0.465 e. The molecule has 46 heavy (non-hydrogen) atoms. The molecule has 3 amide bonds. The molecule has 0 aromatic heterocycles. The van der Waals surface area contributed by atoms with Crippen molar-refractivity contribution in [3.63, 3.8) is 0 Å². The van der Waals surface area contributed by atoms with Crippen LogP contribution in [0.3, 0.4) is 0 Å². The third-order valence-corrected chi connectivity index (χ3v) is 9.17. The molecule has 0 saturated carbocycles. The van der Waals surface area contributed by atoms with Crippen molar-refractivity contribution in [1.82, 2.24) is 15.5 Å². The molecule has 3 aromatic rings. The van der Waals surface area contributed by atoms with Crippen LogP contribution in [0.1, 0.15) is 69.5 Å². The predicted octanol–water partition coefficient (Wildman–Crippen LogP) is 4.58. The largest absolute Gasteiger partial charge is 0.465 e. The molecule has 6 rings (SSSR count). The molecule has 4 N–H and O–H groups in total. The molecule has 3 aromatic carbocycles. The zero-order valence-electron chi connectivity index (χ0n) is 26.2. The van der Waals surface area contributed by atoms with E-state index in [4.69, 9.17) is 4.74 Å². The van der Waals surface area contributed by atoms with Gasteiger partial charge in [0.05, 0.1) is 29.6 Å². The van der Waals surface area contributed by atoms with Gasteiger partial charge in [0.1, 0.15) is 5.54 Å². The van der Waals surface area contributed by atoms with Gasteiger partial charge in [0.2, 0.25) is 5.91 Å².